The molecule has 0 unspecified atom stereocenters. The zero-order chi connectivity index (χ0) is 23.3. The van der Waals surface area contributed by atoms with E-state index in [1.165, 1.54) is 47.8 Å². The topological polar surface area (TPSA) is 137 Å². The fourth-order valence-corrected chi connectivity index (χ4v) is 4.64. The number of methoxy groups -OCH3 is 1. The molecule has 0 atom stereocenters. The van der Waals surface area contributed by atoms with Crippen LogP contribution in [0.1, 0.15) is 10.4 Å². The highest BCUT2D eigenvalue weighted by Gasteiger charge is 2.27. The molecule has 10 nitrogen and oxygen atoms in total. The molecule has 12 heteroatoms. The van der Waals surface area contributed by atoms with Crippen LogP contribution < -0.4 is 20.5 Å². The fraction of sp³-hybridized carbons (Fsp3) is 0.300. The van der Waals surface area contributed by atoms with Gasteiger partial charge in [-0.1, -0.05) is 11.6 Å². The summed E-state index contributed by atoms with van der Waals surface area (Å²) in [6, 6.07) is 8.42. The number of hydrogen-bond donors (Lipinski definition) is 2. The summed E-state index contributed by atoms with van der Waals surface area (Å²) < 4.78 is 43.0. The number of ether oxygens (including phenoxy) is 3. The predicted octanol–water partition coefficient (Wildman–Crippen LogP) is 1.49. The van der Waals surface area contributed by atoms with Crippen LogP contribution in [0.4, 0.5) is 5.69 Å². The van der Waals surface area contributed by atoms with Crippen LogP contribution in [0.2, 0.25) is 5.02 Å². The van der Waals surface area contributed by atoms with E-state index in [-0.39, 0.29) is 40.7 Å². The van der Waals surface area contributed by atoms with E-state index in [0.29, 0.717) is 18.2 Å². The lowest BCUT2D eigenvalue weighted by atomic mass is 10.2. The Labute approximate surface area is 190 Å². The van der Waals surface area contributed by atoms with Crippen molar-refractivity contribution in [2.75, 3.05) is 45.3 Å². The van der Waals surface area contributed by atoms with Crippen LogP contribution >= 0.6 is 11.6 Å². The summed E-state index contributed by atoms with van der Waals surface area (Å²) in [6.07, 6.45) is 0. The summed E-state index contributed by atoms with van der Waals surface area (Å²) in [6.45, 7) is 0.647. The Morgan fingerprint density at radius 3 is 2.50 bits per heavy atom. The molecule has 3 rings (SSSR count). The van der Waals surface area contributed by atoms with Gasteiger partial charge in [0.15, 0.2) is 6.61 Å². The quantitative estimate of drug-likeness (QED) is 0.580. The molecule has 1 fully saturated rings. The van der Waals surface area contributed by atoms with Crippen LogP contribution in [0.3, 0.4) is 0 Å². The number of morpholine rings is 1. The second kappa shape index (κ2) is 10.2. The number of halogens is 1. The third-order valence-electron chi connectivity index (χ3n) is 4.62. The molecule has 1 saturated heterocycles. The van der Waals surface area contributed by atoms with Gasteiger partial charge in [-0.3, -0.25) is 9.59 Å². The molecule has 3 N–H and O–H groups in total. The first-order chi connectivity index (χ1) is 15.2. The van der Waals surface area contributed by atoms with E-state index in [1.54, 1.807) is 0 Å². The van der Waals surface area contributed by atoms with Gasteiger partial charge < -0.3 is 25.3 Å². The number of amides is 2. The summed E-state index contributed by atoms with van der Waals surface area (Å²) in [4.78, 5) is 24.0. The molecular formula is C20H22ClN3O7S. The van der Waals surface area contributed by atoms with Crippen LogP contribution in [0.25, 0.3) is 0 Å². The van der Waals surface area contributed by atoms with Crippen molar-refractivity contribution in [3.63, 3.8) is 0 Å². The third-order valence-corrected chi connectivity index (χ3v) is 6.75. The molecule has 0 aromatic heterocycles. The van der Waals surface area contributed by atoms with Gasteiger partial charge in [-0.15, -0.1) is 0 Å². The van der Waals surface area contributed by atoms with Crippen LogP contribution in [0.5, 0.6) is 11.5 Å². The number of carbonyl (C=O) groups is 2. The van der Waals surface area contributed by atoms with Crippen molar-refractivity contribution in [3.8, 4) is 11.5 Å². The molecule has 1 aliphatic rings. The molecule has 1 aliphatic heterocycles. The Hall–Kier alpha value is -2.86. The molecule has 0 bridgehead atoms. The zero-order valence-electron chi connectivity index (χ0n) is 17.2. The molecule has 32 heavy (non-hydrogen) atoms. The number of anilines is 1. The van der Waals surface area contributed by atoms with Crippen LogP contribution in [-0.4, -0.2) is 64.6 Å². The number of nitrogens with one attached hydrogen (secondary N) is 1. The fourth-order valence-electron chi connectivity index (χ4n) is 3.03. The Balaban J connectivity index is 1.76. The highest BCUT2D eigenvalue weighted by atomic mass is 35.5. The molecule has 2 aromatic carbocycles. The van der Waals surface area contributed by atoms with Gasteiger partial charge in [0, 0.05) is 18.1 Å². The van der Waals surface area contributed by atoms with Crippen LogP contribution in [0, 0.1) is 0 Å². The minimum absolute atomic E-state index is 0.00475. The number of sulfonamides is 1. The highest BCUT2D eigenvalue weighted by Crippen LogP contribution is 2.29. The van der Waals surface area contributed by atoms with Gasteiger partial charge in [-0.05, 0) is 36.4 Å². The van der Waals surface area contributed by atoms with Gasteiger partial charge >= 0.3 is 0 Å². The molecule has 0 aliphatic carbocycles. The number of rotatable bonds is 8. The van der Waals surface area contributed by atoms with E-state index in [0.717, 1.165) is 0 Å². The lowest BCUT2D eigenvalue weighted by Gasteiger charge is -2.26. The molecule has 0 radical (unpaired) electrons. The maximum Gasteiger partial charge on any atom is 0.262 e. The van der Waals surface area contributed by atoms with Crippen molar-refractivity contribution >= 4 is 39.1 Å². The maximum atomic E-state index is 12.9. The summed E-state index contributed by atoms with van der Waals surface area (Å²) in [5.74, 6) is -1.00. The molecule has 0 saturated carbocycles. The zero-order valence-corrected chi connectivity index (χ0v) is 18.7. The minimum Gasteiger partial charge on any atom is -0.495 e. The van der Waals surface area contributed by atoms with Gasteiger partial charge in [0.2, 0.25) is 10.0 Å². The maximum absolute atomic E-state index is 12.9. The van der Waals surface area contributed by atoms with Gasteiger partial charge in [-0.25, -0.2) is 8.42 Å². The summed E-state index contributed by atoms with van der Waals surface area (Å²) in [5, 5.41) is 2.86. The second-order valence-corrected chi connectivity index (χ2v) is 9.09. The number of carbonyl (C=O) groups excluding carboxylic acids is 2. The van der Waals surface area contributed by atoms with Crippen LogP contribution in [0.15, 0.2) is 41.3 Å². The Morgan fingerprint density at radius 2 is 1.84 bits per heavy atom. The Bertz CT molecular complexity index is 1120. The smallest absolute Gasteiger partial charge is 0.262 e. The van der Waals surface area contributed by atoms with Crippen molar-refractivity contribution in [3.05, 3.63) is 47.0 Å². The number of nitrogens with two attached hydrogens (primary N) is 1. The Kier molecular flexibility index (Phi) is 7.56. The summed E-state index contributed by atoms with van der Waals surface area (Å²) in [7, 11) is -2.38. The van der Waals surface area contributed by atoms with E-state index in [1.807, 2.05) is 0 Å². The van der Waals surface area contributed by atoms with E-state index in [4.69, 9.17) is 31.5 Å². The summed E-state index contributed by atoms with van der Waals surface area (Å²) >= 11 is 5.86. The first kappa shape index (κ1) is 23.8. The number of hydrogen-bond acceptors (Lipinski definition) is 7. The lowest BCUT2D eigenvalue weighted by Crippen LogP contribution is -2.40. The van der Waals surface area contributed by atoms with Crippen molar-refractivity contribution in [2.24, 2.45) is 5.73 Å². The minimum atomic E-state index is -3.77. The summed E-state index contributed by atoms with van der Waals surface area (Å²) in [5.41, 5.74) is 5.49. The normalized spacial score (nSPS) is 14.6. The van der Waals surface area contributed by atoms with Crippen LogP contribution in [-0.2, 0) is 19.6 Å². The number of primary amides is 1. The average molecular weight is 484 g/mol. The first-order valence-corrected chi connectivity index (χ1v) is 11.3. The van der Waals surface area contributed by atoms with Gasteiger partial charge in [-0.2, -0.15) is 4.31 Å². The van der Waals surface area contributed by atoms with Gasteiger partial charge in [0.05, 0.1) is 36.5 Å². The van der Waals surface area contributed by atoms with E-state index in [2.05, 4.69) is 5.32 Å². The van der Waals surface area contributed by atoms with E-state index < -0.39 is 28.4 Å². The molecular weight excluding hydrogens is 462 g/mol. The highest BCUT2D eigenvalue weighted by molar-refractivity contribution is 7.89. The van der Waals surface area contributed by atoms with Crippen molar-refractivity contribution in [1.29, 1.82) is 0 Å². The molecule has 2 aromatic rings. The predicted molar refractivity (Wildman–Crippen MR) is 117 cm³/mol. The van der Waals surface area contributed by atoms with Gasteiger partial charge in [0.1, 0.15) is 11.5 Å². The first-order valence-electron chi connectivity index (χ1n) is 9.50. The second-order valence-electron chi connectivity index (χ2n) is 6.72. The van der Waals surface area contributed by atoms with E-state index >= 15 is 0 Å². The molecule has 1 heterocycles. The average Bonchev–Trinajstić information content (AvgIpc) is 2.78. The SMILES string of the molecule is COc1ccc(S(=O)(=O)N2CCOCC2)cc1NC(=O)COc1ccc(Cl)cc1C(N)=O. The van der Waals surface area contributed by atoms with Gasteiger partial charge in [0.25, 0.3) is 11.8 Å². The number of nitrogens with zero attached hydrogens (tertiary/aromatic N) is 1. The lowest BCUT2D eigenvalue weighted by molar-refractivity contribution is -0.118. The monoisotopic (exact) mass is 483 g/mol. The Morgan fingerprint density at radius 1 is 1.16 bits per heavy atom. The van der Waals surface area contributed by atoms with Crippen molar-refractivity contribution in [2.45, 2.75) is 4.90 Å². The molecule has 2 amide bonds. The molecule has 172 valence electrons. The third kappa shape index (κ3) is 5.49. The molecule has 0 spiro atoms. The van der Waals surface area contributed by atoms with Crippen molar-refractivity contribution < 1.29 is 32.2 Å². The van der Waals surface area contributed by atoms with Crippen molar-refractivity contribution in [1.82, 2.24) is 4.31 Å². The van der Waals surface area contributed by atoms with E-state index in [9.17, 15) is 18.0 Å². The largest absolute Gasteiger partial charge is 0.495 e. The number of benzene rings is 2. The standard InChI is InChI=1S/C20H22ClN3O7S/c1-29-18-5-3-14(32(27,28)24-6-8-30-9-7-24)11-16(18)23-19(25)12-31-17-4-2-13(21)10-15(17)20(22)26/h2-5,10-11H,6-9,12H2,1H3,(H2,22,26)(H,23,25).